The first-order valence-electron chi connectivity index (χ1n) is 12.7. The molecule has 2 N–H and O–H groups in total. The largest absolute Gasteiger partial charge is 0.345 e. The summed E-state index contributed by atoms with van der Waals surface area (Å²) in [6.07, 6.45) is 2.38. The van der Waals surface area contributed by atoms with Gasteiger partial charge in [-0.15, -0.1) is 0 Å². The van der Waals surface area contributed by atoms with Gasteiger partial charge in [0.05, 0.1) is 12.6 Å². The fourth-order valence-electron chi connectivity index (χ4n) is 4.88. The molecule has 1 aliphatic rings. The molecular weight excluding hydrogens is 508 g/mol. The highest BCUT2D eigenvalue weighted by Crippen LogP contribution is 2.41. The molecule has 1 saturated carbocycles. The van der Waals surface area contributed by atoms with Crippen molar-refractivity contribution in [2.45, 2.75) is 38.8 Å². The molecular formula is C30H28F4N4O. The third-order valence-electron chi connectivity index (χ3n) is 7.17. The highest BCUT2D eigenvalue weighted by Gasteiger charge is 2.34. The number of carbonyl (C=O) groups is 1. The van der Waals surface area contributed by atoms with Crippen molar-refractivity contribution in [1.82, 2.24) is 14.5 Å². The van der Waals surface area contributed by atoms with Gasteiger partial charge in [0, 0.05) is 30.6 Å². The Morgan fingerprint density at radius 2 is 1.82 bits per heavy atom. The molecule has 1 atom stereocenters. The molecule has 5 nitrogen and oxygen atoms in total. The van der Waals surface area contributed by atoms with E-state index in [0.717, 1.165) is 30.5 Å². The van der Waals surface area contributed by atoms with Gasteiger partial charge in [-0.2, -0.15) is 0 Å². The minimum absolute atomic E-state index is 0.124. The SMILES string of the molecule is Cc1cc(C(NC(=O)c2cc(Cn3ccn(C)c3=N)cc(-c3ccc(F)cc3C(F)F)c2)C2CC2)ccc1F. The van der Waals surface area contributed by atoms with Gasteiger partial charge < -0.3 is 14.5 Å². The molecule has 0 aliphatic heterocycles. The van der Waals surface area contributed by atoms with Crippen molar-refractivity contribution in [3.05, 3.63) is 112 Å². The van der Waals surface area contributed by atoms with E-state index in [1.165, 1.54) is 18.2 Å². The number of benzene rings is 3. The lowest BCUT2D eigenvalue weighted by Gasteiger charge is -2.20. The molecule has 1 amide bonds. The van der Waals surface area contributed by atoms with Gasteiger partial charge in [0.1, 0.15) is 11.6 Å². The highest BCUT2D eigenvalue weighted by atomic mass is 19.3. The minimum atomic E-state index is -2.92. The molecule has 0 bridgehead atoms. The standard InChI is InChI=1S/C30H28F4N4O/c1-17-11-20(5-8-26(17)32)27(19-3-4-19)36-29(39)22-13-18(16-38-10-9-37(2)30(38)35)12-21(14-22)24-7-6-23(31)15-25(24)28(33)34/h5-15,19,27-28,35H,3-4,16H2,1-2H3,(H,36,39). The number of hydrogen-bond acceptors (Lipinski definition) is 2. The van der Waals surface area contributed by atoms with Crippen molar-refractivity contribution < 1.29 is 22.4 Å². The summed E-state index contributed by atoms with van der Waals surface area (Å²) >= 11 is 0. The first kappa shape index (κ1) is 26.5. The Hall–Kier alpha value is -4.14. The van der Waals surface area contributed by atoms with Crippen LogP contribution in [0, 0.1) is 29.9 Å². The quantitative estimate of drug-likeness (QED) is 0.251. The molecule has 0 saturated heterocycles. The molecule has 1 fully saturated rings. The molecule has 1 aliphatic carbocycles. The number of rotatable bonds is 8. The number of aryl methyl sites for hydroxylation is 2. The van der Waals surface area contributed by atoms with Gasteiger partial charge in [-0.05, 0) is 89.9 Å². The number of hydrogen-bond donors (Lipinski definition) is 2. The van der Waals surface area contributed by atoms with Gasteiger partial charge in [0.2, 0.25) is 5.62 Å². The molecule has 1 unspecified atom stereocenters. The minimum Gasteiger partial charge on any atom is -0.345 e. The van der Waals surface area contributed by atoms with Gasteiger partial charge in [-0.25, -0.2) is 17.6 Å². The topological polar surface area (TPSA) is 62.8 Å². The maximum atomic E-state index is 13.9. The van der Waals surface area contributed by atoms with Gasteiger partial charge in [0.15, 0.2) is 0 Å². The van der Waals surface area contributed by atoms with Gasteiger partial charge in [-0.3, -0.25) is 10.2 Å². The Morgan fingerprint density at radius 3 is 2.46 bits per heavy atom. The summed E-state index contributed by atoms with van der Waals surface area (Å²) in [5.74, 6) is -1.28. The summed E-state index contributed by atoms with van der Waals surface area (Å²) in [5.41, 5.74) is 2.38. The van der Waals surface area contributed by atoms with Crippen LogP contribution in [0.3, 0.4) is 0 Å². The van der Waals surface area contributed by atoms with Gasteiger partial charge in [0.25, 0.3) is 12.3 Å². The summed E-state index contributed by atoms with van der Waals surface area (Å²) in [4.78, 5) is 13.6. The van der Waals surface area contributed by atoms with Crippen LogP contribution in [0.15, 0.2) is 67.0 Å². The lowest BCUT2D eigenvalue weighted by molar-refractivity contribution is 0.0931. The van der Waals surface area contributed by atoms with E-state index in [2.05, 4.69) is 5.32 Å². The Morgan fingerprint density at radius 1 is 1.05 bits per heavy atom. The van der Waals surface area contributed by atoms with Crippen molar-refractivity contribution in [2.75, 3.05) is 0 Å². The zero-order chi connectivity index (χ0) is 27.8. The van der Waals surface area contributed by atoms with E-state index in [9.17, 15) is 22.4 Å². The smallest absolute Gasteiger partial charge is 0.264 e. The zero-order valence-electron chi connectivity index (χ0n) is 21.5. The maximum Gasteiger partial charge on any atom is 0.264 e. The normalized spacial score (nSPS) is 14.0. The monoisotopic (exact) mass is 536 g/mol. The predicted molar refractivity (Wildman–Crippen MR) is 139 cm³/mol. The Kier molecular flexibility index (Phi) is 7.16. The van der Waals surface area contributed by atoms with Crippen LogP contribution in [0.1, 0.15) is 57.9 Å². The molecule has 9 heteroatoms. The number of halogens is 4. The van der Waals surface area contributed by atoms with Crippen molar-refractivity contribution in [1.29, 1.82) is 5.41 Å². The molecule has 5 rings (SSSR count). The van der Waals surface area contributed by atoms with Crippen LogP contribution in [-0.2, 0) is 13.6 Å². The zero-order valence-corrected chi connectivity index (χ0v) is 21.5. The summed E-state index contributed by atoms with van der Waals surface area (Å²) in [6, 6.07) is 12.5. The third kappa shape index (κ3) is 5.67. The lowest BCUT2D eigenvalue weighted by atomic mass is 9.95. The van der Waals surface area contributed by atoms with Crippen molar-refractivity contribution in [2.24, 2.45) is 13.0 Å². The first-order valence-corrected chi connectivity index (χ1v) is 12.7. The van der Waals surface area contributed by atoms with Crippen LogP contribution in [0.4, 0.5) is 17.6 Å². The summed E-state index contributed by atoms with van der Waals surface area (Å²) < 4.78 is 58.8. The molecule has 4 aromatic rings. The second kappa shape index (κ2) is 10.6. The van der Waals surface area contributed by atoms with Gasteiger partial charge >= 0.3 is 0 Å². The Balaban J connectivity index is 1.56. The number of nitrogens with one attached hydrogen (secondary N) is 2. The van der Waals surface area contributed by atoms with E-state index >= 15 is 0 Å². The van der Waals surface area contributed by atoms with E-state index in [-0.39, 0.29) is 41.1 Å². The fraction of sp³-hybridized carbons (Fsp3) is 0.267. The number of alkyl halides is 2. The average Bonchev–Trinajstić information content (AvgIpc) is 3.70. The van der Waals surface area contributed by atoms with Crippen molar-refractivity contribution in [3.8, 4) is 11.1 Å². The lowest BCUT2D eigenvalue weighted by Crippen LogP contribution is -2.30. The number of imidazole rings is 1. The number of amides is 1. The van der Waals surface area contributed by atoms with E-state index in [1.807, 2.05) is 0 Å². The second-order valence-electron chi connectivity index (χ2n) is 10.1. The molecule has 0 spiro atoms. The number of carbonyl (C=O) groups excluding carboxylic acids is 1. The summed E-state index contributed by atoms with van der Waals surface area (Å²) in [6.45, 7) is 1.90. The van der Waals surface area contributed by atoms with E-state index in [4.69, 9.17) is 5.41 Å². The van der Waals surface area contributed by atoms with Crippen LogP contribution in [0.25, 0.3) is 11.1 Å². The van der Waals surface area contributed by atoms with Gasteiger partial charge in [-0.1, -0.05) is 18.2 Å². The van der Waals surface area contributed by atoms with Crippen LogP contribution in [0.2, 0.25) is 0 Å². The van der Waals surface area contributed by atoms with E-state index in [0.29, 0.717) is 16.7 Å². The molecule has 39 heavy (non-hydrogen) atoms. The molecule has 202 valence electrons. The third-order valence-corrected chi connectivity index (χ3v) is 7.17. The maximum absolute atomic E-state index is 13.9. The van der Waals surface area contributed by atoms with E-state index in [1.54, 1.807) is 59.8 Å². The average molecular weight is 537 g/mol. The van der Waals surface area contributed by atoms with Crippen molar-refractivity contribution in [3.63, 3.8) is 0 Å². The number of aromatic nitrogens is 2. The molecule has 1 aromatic heterocycles. The molecule has 1 heterocycles. The summed E-state index contributed by atoms with van der Waals surface area (Å²) in [5, 5.41) is 11.3. The molecule has 3 aromatic carbocycles. The van der Waals surface area contributed by atoms with Crippen LogP contribution >= 0.6 is 0 Å². The van der Waals surface area contributed by atoms with Crippen LogP contribution < -0.4 is 10.9 Å². The first-order chi connectivity index (χ1) is 18.6. The van der Waals surface area contributed by atoms with Crippen molar-refractivity contribution >= 4 is 5.91 Å². The van der Waals surface area contributed by atoms with E-state index < -0.39 is 23.7 Å². The van der Waals surface area contributed by atoms with Crippen LogP contribution in [0.5, 0.6) is 0 Å². The fourth-order valence-corrected chi connectivity index (χ4v) is 4.88. The highest BCUT2D eigenvalue weighted by molar-refractivity contribution is 5.96. The summed E-state index contributed by atoms with van der Waals surface area (Å²) in [7, 11) is 1.73. The van der Waals surface area contributed by atoms with Crippen LogP contribution in [-0.4, -0.2) is 15.0 Å². The Labute approximate surface area is 223 Å². The molecule has 0 radical (unpaired) electrons. The number of nitrogens with zero attached hydrogens (tertiary/aromatic N) is 2. The second-order valence-corrected chi connectivity index (χ2v) is 10.1. The Bertz CT molecular complexity index is 1600. The predicted octanol–water partition coefficient (Wildman–Crippen LogP) is 6.43.